The van der Waals surface area contributed by atoms with Crippen LogP contribution in [0.1, 0.15) is 32.1 Å². The van der Waals surface area contributed by atoms with Crippen molar-refractivity contribution in [3.63, 3.8) is 0 Å². The molecule has 1 aromatic heterocycles. The number of halogens is 2. The summed E-state index contributed by atoms with van der Waals surface area (Å²) in [6, 6.07) is 5.36. The van der Waals surface area contributed by atoms with Gasteiger partial charge in [-0.3, -0.25) is 4.79 Å². The van der Waals surface area contributed by atoms with Crippen molar-refractivity contribution in [3.8, 4) is 0 Å². The van der Waals surface area contributed by atoms with E-state index in [1.165, 1.54) is 12.1 Å². The smallest absolute Gasteiger partial charge is 0.341 e. The second kappa shape index (κ2) is 6.32. The minimum Gasteiger partial charge on any atom is -0.454 e. The van der Waals surface area contributed by atoms with Gasteiger partial charge in [-0.15, -0.1) is 0 Å². The van der Waals surface area contributed by atoms with Crippen molar-refractivity contribution >= 4 is 23.4 Å². The molecule has 0 spiro atoms. The molecule has 0 fully saturated rings. The lowest BCUT2D eigenvalue weighted by molar-refractivity contribution is 0.0470. The van der Waals surface area contributed by atoms with Gasteiger partial charge >= 0.3 is 5.97 Å². The van der Waals surface area contributed by atoms with E-state index >= 15 is 0 Å². The van der Waals surface area contributed by atoms with Gasteiger partial charge in [-0.2, -0.15) is 0 Å². The summed E-state index contributed by atoms with van der Waals surface area (Å²) in [6.07, 6.45) is 0. The first kappa shape index (κ1) is 16.2. The number of rotatable bonds is 4. The Morgan fingerprint density at radius 2 is 1.91 bits per heavy atom. The third-order valence-electron chi connectivity index (χ3n) is 3.56. The van der Waals surface area contributed by atoms with Gasteiger partial charge in [-0.25, -0.2) is 9.18 Å². The van der Waals surface area contributed by atoms with Crippen molar-refractivity contribution < 1.29 is 18.7 Å². The summed E-state index contributed by atoms with van der Waals surface area (Å²) in [6.45, 7) is 3.24. The maximum absolute atomic E-state index is 13.6. The monoisotopic (exact) mass is 323 g/mol. The maximum atomic E-state index is 13.6. The molecule has 0 aliphatic carbocycles. The lowest BCUT2D eigenvalue weighted by Gasteiger charge is -2.06. The number of nitrogens with zero attached hydrogens (tertiary/aromatic N) is 1. The van der Waals surface area contributed by atoms with Crippen LogP contribution in [-0.4, -0.2) is 22.9 Å². The van der Waals surface area contributed by atoms with E-state index in [0.717, 1.165) is 17.5 Å². The number of carbonyl (C=O) groups excluding carboxylic acids is 2. The fourth-order valence-corrected chi connectivity index (χ4v) is 2.24. The molecule has 2 aromatic rings. The number of Topliss-reactive ketones (excluding diaryl/α,β-unsaturated/α-hetero) is 1. The highest BCUT2D eigenvalue weighted by Gasteiger charge is 2.18. The second-order valence-electron chi connectivity index (χ2n) is 4.97. The highest BCUT2D eigenvalue weighted by molar-refractivity contribution is 6.30. The van der Waals surface area contributed by atoms with Crippen LogP contribution < -0.4 is 0 Å². The highest BCUT2D eigenvalue weighted by Crippen LogP contribution is 2.17. The van der Waals surface area contributed by atoms with E-state index in [1.807, 2.05) is 18.5 Å². The Bertz CT molecular complexity index is 752. The van der Waals surface area contributed by atoms with E-state index in [-0.39, 0.29) is 16.4 Å². The number of aromatic nitrogens is 1. The Kier molecular flexibility index (Phi) is 4.66. The SMILES string of the molecule is Cc1cc(C(=O)COC(=O)c2ccc(Cl)cc2F)c(C)n1C. The average Bonchev–Trinajstić information content (AvgIpc) is 2.72. The molecule has 0 atom stereocenters. The van der Waals surface area contributed by atoms with Crippen LogP contribution in [0.2, 0.25) is 5.02 Å². The molecule has 1 heterocycles. The van der Waals surface area contributed by atoms with Gasteiger partial charge in [0.1, 0.15) is 5.82 Å². The molecule has 6 heteroatoms. The van der Waals surface area contributed by atoms with Crippen LogP contribution in [0.15, 0.2) is 24.3 Å². The minimum absolute atomic E-state index is 0.181. The van der Waals surface area contributed by atoms with Gasteiger partial charge in [0.05, 0.1) is 5.56 Å². The Balaban J connectivity index is 2.07. The number of carbonyl (C=O) groups is 2. The topological polar surface area (TPSA) is 48.3 Å². The van der Waals surface area contributed by atoms with Crippen LogP contribution in [0.5, 0.6) is 0 Å². The largest absolute Gasteiger partial charge is 0.454 e. The van der Waals surface area contributed by atoms with E-state index in [4.69, 9.17) is 16.3 Å². The molecule has 0 saturated heterocycles. The number of aryl methyl sites for hydroxylation is 1. The Hall–Kier alpha value is -2.14. The molecule has 116 valence electrons. The summed E-state index contributed by atoms with van der Waals surface area (Å²) in [4.78, 5) is 23.9. The molecule has 2 rings (SSSR count). The Morgan fingerprint density at radius 3 is 2.45 bits per heavy atom. The lowest BCUT2D eigenvalue weighted by Crippen LogP contribution is -2.15. The van der Waals surface area contributed by atoms with Gasteiger partial charge in [0.25, 0.3) is 0 Å². The quantitative estimate of drug-likeness (QED) is 0.639. The zero-order valence-corrected chi connectivity index (χ0v) is 13.2. The Morgan fingerprint density at radius 1 is 1.23 bits per heavy atom. The van der Waals surface area contributed by atoms with Gasteiger partial charge in [-0.1, -0.05) is 11.6 Å². The summed E-state index contributed by atoms with van der Waals surface area (Å²) >= 11 is 5.62. The van der Waals surface area contributed by atoms with Gasteiger partial charge < -0.3 is 9.30 Å². The number of benzene rings is 1. The first-order valence-corrected chi connectivity index (χ1v) is 6.97. The van der Waals surface area contributed by atoms with Gasteiger partial charge in [0, 0.05) is 29.0 Å². The molecule has 22 heavy (non-hydrogen) atoms. The molecule has 0 amide bonds. The van der Waals surface area contributed by atoms with Crippen LogP contribution in [0.3, 0.4) is 0 Å². The summed E-state index contributed by atoms with van der Waals surface area (Å²) in [5, 5.41) is 0.181. The van der Waals surface area contributed by atoms with E-state index in [0.29, 0.717) is 5.56 Å². The molecular formula is C16H15ClFNO3. The Labute approximate surface area is 132 Å². The highest BCUT2D eigenvalue weighted by atomic mass is 35.5. The van der Waals surface area contributed by atoms with Gasteiger partial charge in [0.15, 0.2) is 6.61 Å². The molecule has 0 N–H and O–H groups in total. The molecule has 0 aliphatic rings. The third kappa shape index (κ3) is 3.20. The van der Waals surface area contributed by atoms with E-state index in [1.54, 1.807) is 13.0 Å². The van der Waals surface area contributed by atoms with Crippen LogP contribution >= 0.6 is 11.6 Å². The minimum atomic E-state index is -0.896. The van der Waals surface area contributed by atoms with Gasteiger partial charge in [-0.05, 0) is 38.1 Å². The van der Waals surface area contributed by atoms with Crippen molar-refractivity contribution in [1.82, 2.24) is 4.57 Å². The van der Waals surface area contributed by atoms with Crippen molar-refractivity contribution in [1.29, 1.82) is 0 Å². The number of hydrogen-bond acceptors (Lipinski definition) is 3. The van der Waals surface area contributed by atoms with Crippen molar-refractivity contribution in [2.45, 2.75) is 13.8 Å². The number of ether oxygens (including phenoxy) is 1. The van der Waals surface area contributed by atoms with Gasteiger partial charge in [0.2, 0.25) is 5.78 Å². The van der Waals surface area contributed by atoms with Crippen molar-refractivity contribution in [2.75, 3.05) is 6.61 Å². The molecule has 1 aromatic carbocycles. The number of hydrogen-bond donors (Lipinski definition) is 0. The fourth-order valence-electron chi connectivity index (χ4n) is 2.08. The van der Waals surface area contributed by atoms with Crippen LogP contribution in [0.4, 0.5) is 4.39 Å². The predicted octanol–water partition coefficient (Wildman–Crippen LogP) is 3.47. The van der Waals surface area contributed by atoms with E-state index < -0.39 is 18.4 Å². The average molecular weight is 324 g/mol. The number of esters is 1. The summed E-state index contributed by atoms with van der Waals surface area (Å²) in [7, 11) is 1.84. The maximum Gasteiger partial charge on any atom is 0.341 e. The van der Waals surface area contributed by atoms with Crippen LogP contribution in [0, 0.1) is 19.7 Å². The number of ketones is 1. The molecule has 0 saturated carbocycles. The summed E-state index contributed by atoms with van der Waals surface area (Å²) < 4.78 is 20.4. The first-order chi connectivity index (χ1) is 10.3. The lowest BCUT2D eigenvalue weighted by atomic mass is 10.1. The standard InChI is InChI=1S/C16H15ClFNO3/c1-9-6-13(10(2)19(9)3)15(20)8-22-16(21)12-5-4-11(17)7-14(12)18/h4-7H,8H2,1-3H3. The first-order valence-electron chi connectivity index (χ1n) is 6.59. The molecule has 4 nitrogen and oxygen atoms in total. The molecular weight excluding hydrogens is 309 g/mol. The van der Waals surface area contributed by atoms with Crippen LogP contribution in [0.25, 0.3) is 0 Å². The summed E-state index contributed by atoms with van der Waals surface area (Å²) in [5.41, 5.74) is 1.95. The molecule has 0 unspecified atom stereocenters. The van der Waals surface area contributed by atoms with Crippen molar-refractivity contribution in [2.24, 2.45) is 7.05 Å². The predicted molar refractivity (Wildman–Crippen MR) is 80.9 cm³/mol. The molecule has 0 bridgehead atoms. The van der Waals surface area contributed by atoms with E-state index in [9.17, 15) is 14.0 Å². The third-order valence-corrected chi connectivity index (χ3v) is 3.80. The van der Waals surface area contributed by atoms with E-state index in [2.05, 4.69) is 0 Å². The zero-order valence-electron chi connectivity index (χ0n) is 12.4. The second-order valence-corrected chi connectivity index (χ2v) is 5.40. The summed E-state index contributed by atoms with van der Waals surface area (Å²) in [5.74, 6) is -2.01. The molecule has 0 radical (unpaired) electrons. The normalized spacial score (nSPS) is 10.6. The fraction of sp³-hybridized carbons (Fsp3) is 0.250. The zero-order chi connectivity index (χ0) is 16.4. The molecule has 0 aliphatic heterocycles. The van der Waals surface area contributed by atoms with Crippen molar-refractivity contribution in [3.05, 3.63) is 57.6 Å². The van der Waals surface area contributed by atoms with Crippen LogP contribution in [-0.2, 0) is 11.8 Å².